The molecule has 1 fully saturated rings. The van der Waals surface area contributed by atoms with E-state index in [4.69, 9.17) is 4.74 Å². The third kappa shape index (κ3) is 6.61. The zero-order valence-corrected chi connectivity index (χ0v) is 16.0. The topological polar surface area (TPSA) is 105 Å². The molecule has 12 heteroatoms. The van der Waals surface area contributed by atoms with Crippen molar-refractivity contribution in [2.75, 3.05) is 63.8 Å². The van der Waals surface area contributed by atoms with Gasteiger partial charge in [0.25, 0.3) is 0 Å². The van der Waals surface area contributed by atoms with E-state index < -0.39 is 15.9 Å². The summed E-state index contributed by atoms with van der Waals surface area (Å²) in [5.74, 6) is 0.447. The van der Waals surface area contributed by atoms with Gasteiger partial charge in [-0.15, -0.1) is 10.2 Å². The number of ether oxygens (including phenoxy) is 1. The third-order valence-corrected chi connectivity index (χ3v) is 6.54. The SMILES string of the molecule is CN(CC(=O)Nc1nnc(SCCN2CCOCC2)s1)S(C)(=O)=O. The molecule has 1 N–H and O–H groups in total. The maximum Gasteiger partial charge on any atom is 0.241 e. The molecular weight excluding hydrogens is 374 g/mol. The minimum absolute atomic E-state index is 0.252. The highest BCUT2D eigenvalue weighted by Gasteiger charge is 2.17. The summed E-state index contributed by atoms with van der Waals surface area (Å²) in [7, 11) is -2.04. The lowest BCUT2D eigenvalue weighted by Crippen LogP contribution is -2.37. The first-order valence-electron chi connectivity index (χ1n) is 7.32. The second-order valence-electron chi connectivity index (χ2n) is 5.24. The highest BCUT2D eigenvalue weighted by molar-refractivity contribution is 8.01. The van der Waals surface area contributed by atoms with Gasteiger partial charge in [0.1, 0.15) is 0 Å². The highest BCUT2D eigenvalue weighted by atomic mass is 32.2. The Labute approximate surface area is 149 Å². The molecule has 0 spiro atoms. The summed E-state index contributed by atoms with van der Waals surface area (Å²) < 4.78 is 29.6. The van der Waals surface area contributed by atoms with Crippen molar-refractivity contribution in [2.24, 2.45) is 0 Å². The first kappa shape index (κ1) is 19.5. The van der Waals surface area contributed by atoms with Gasteiger partial charge in [-0.25, -0.2) is 8.42 Å². The van der Waals surface area contributed by atoms with Crippen molar-refractivity contribution in [1.82, 2.24) is 19.4 Å². The van der Waals surface area contributed by atoms with E-state index in [1.165, 1.54) is 18.4 Å². The molecule has 2 heterocycles. The number of carbonyl (C=O) groups is 1. The molecule has 9 nitrogen and oxygen atoms in total. The molecule has 1 aromatic heterocycles. The summed E-state index contributed by atoms with van der Waals surface area (Å²) in [5, 5.41) is 10.9. The predicted molar refractivity (Wildman–Crippen MR) is 94.0 cm³/mol. The zero-order chi connectivity index (χ0) is 17.6. The summed E-state index contributed by atoms with van der Waals surface area (Å²) >= 11 is 2.86. The molecule has 0 aromatic carbocycles. The molecule has 0 saturated carbocycles. The van der Waals surface area contributed by atoms with Crippen LogP contribution in [0.3, 0.4) is 0 Å². The lowest BCUT2D eigenvalue weighted by molar-refractivity contribution is -0.116. The maximum absolute atomic E-state index is 11.8. The zero-order valence-electron chi connectivity index (χ0n) is 13.6. The van der Waals surface area contributed by atoms with Crippen LogP contribution in [0.2, 0.25) is 0 Å². The fraction of sp³-hybridized carbons (Fsp3) is 0.750. The molecule has 136 valence electrons. The molecule has 0 bridgehead atoms. The van der Waals surface area contributed by atoms with Gasteiger partial charge in [-0.3, -0.25) is 15.0 Å². The van der Waals surface area contributed by atoms with E-state index in [-0.39, 0.29) is 6.54 Å². The van der Waals surface area contributed by atoms with Gasteiger partial charge < -0.3 is 4.74 Å². The Bertz CT molecular complexity index is 645. The minimum Gasteiger partial charge on any atom is -0.379 e. The molecule has 24 heavy (non-hydrogen) atoms. The summed E-state index contributed by atoms with van der Waals surface area (Å²) in [6.45, 7) is 4.16. The van der Waals surface area contributed by atoms with Crippen LogP contribution in [0.5, 0.6) is 0 Å². The molecule has 0 unspecified atom stereocenters. The van der Waals surface area contributed by atoms with E-state index in [9.17, 15) is 13.2 Å². The van der Waals surface area contributed by atoms with Crippen molar-refractivity contribution in [3.8, 4) is 0 Å². The molecule has 1 aliphatic rings. The van der Waals surface area contributed by atoms with Gasteiger partial charge in [-0.1, -0.05) is 23.1 Å². The molecule has 0 atom stereocenters. The lowest BCUT2D eigenvalue weighted by Gasteiger charge is -2.25. The van der Waals surface area contributed by atoms with Crippen LogP contribution in [0.25, 0.3) is 0 Å². The van der Waals surface area contributed by atoms with Gasteiger partial charge in [-0.2, -0.15) is 4.31 Å². The van der Waals surface area contributed by atoms with Crippen molar-refractivity contribution in [1.29, 1.82) is 0 Å². The van der Waals surface area contributed by atoms with Gasteiger partial charge >= 0.3 is 0 Å². The van der Waals surface area contributed by atoms with Crippen molar-refractivity contribution in [3.05, 3.63) is 0 Å². The Morgan fingerprint density at radius 2 is 2.12 bits per heavy atom. The number of thioether (sulfide) groups is 1. The summed E-state index contributed by atoms with van der Waals surface area (Å²) in [5.41, 5.74) is 0. The summed E-state index contributed by atoms with van der Waals surface area (Å²) in [6, 6.07) is 0. The van der Waals surface area contributed by atoms with Crippen LogP contribution < -0.4 is 5.32 Å². The van der Waals surface area contributed by atoms with E-state index in [0.29, 0.717) is 5.13 Å². The number of aromatic nitrogens is 2. The monoisotopic (exact) mass is 395 g/mol. The number of sulfonamides is 1. The van der Waals surface area contributed by atoms with Gasteiger partial charge in [-0.05, 0) is 0 Å². The number of hydrogen-bond donors (Lipinski definition) is 1. The van der Waals surface area contributed by atoms with Crippen LogP contribution in [0.1, 0.15) is 0 Å². The number of hydrogen-bond acceptors (Lipinski definition) is 9. The fourth-order valence-corrected chi connectivity index (χ4v) is 4.07. The standard InChI is InChI=1S/C12H21N5O4S3/c1-16(24(2,19)20)9-10(18)13-11-14-15-12(23-11)22-8-5-17-3-6-21-7-4-17/h3-9H2,1-2H3,(H,13,14,18). The summed E-state index contributed by atoms with van der Waals surface area (Å²) in [4.78, 5) is 14.1. The Kier molecular flexibility index (Phi) is 7.37. The minimum atomic E-state index is -3.39. The number of rotatable bonds is 8. The number of carbonyl (C=O) groups excluding carboxylic acids is 1. The van der Waals surface area contributed by atoms with Crippen molar-refractivity contribution in [2.45, 2.75) is 4.34 Å². The second-order valence-corrected chi connectivity index (χ2v) is 9.65. The maximum atomic E-state index is 11.8. The smallest absolute Gasteiger partial charge is 0.241 e. The number of anilines is 1. The molecular formula is C12H21N5O4S3. The van der Waals surface area contributed by atoms with Crippen LogP contribution in [0.15, 0.2) is 4.34 Å². The van der Waals surface area contributed by atoms with Crippen molar-refractivity contribution >= 4 is 44.2 Å². The lowest BCUT2D eigenvalue weighted by atomic mass is 10.4. The first-order valence-corrected chi connectivity index (χ1v) is 11.0. The van der Waals surface area contributed by atoms with Crippen molar-refractivity contribution in [3.63, 3.8) is 0 Å². The Hall–Kier alpha value is -0.790. The first-order chi connectivity index (χ1) is 11.3. The van der Waals surface area contributed by atoms with Gasteiger partial charge in [0, 0.05) is 32.4 Å². The van der Waals surface area contributed by atoms with Crippen LogP contribution in [0.4, 0.5) is 5.13 Å². The fourth-order valence-electron chi connectivity index (χ4n) is 1.88. The molecule has 1 amide bonds. The number of nitrogens with one attached hydrogen (secondary N) is 1. The van der Waals surface area contributed by atoms with Crippen LogP contribution >= 0.6 is 23.1 Å². The van der Waals surface area contributed by atoms with Gasteiger partial charge in [0.05, 0.1) is 26.0 Å². The number of amides is 1. The molecule has 1 aromatic rings. The Balaban J connectivity index is 1.73. The highest BCUT2D eigenvalue weighted by Crippen LogP contribution is 2.25. The molecule has 0 aliphatic carbocycles. The Morgan fingerprint density at radius 1 is 1.42 bits per heavy atom. The van der Waals surface area contributed by atoms with Crippen LogP contribution in [0, 0.1) is 0 Å². The van der Waals surface area contributed by atoms with Crippen LogP contribution in [-0.4, -0.2) is 92.2 Å². The molecule has 0 radical (unpaired) electrons. The van der Waals surface area contributed by atoms with Crippen LogP contribution in [-0.2, 0) is 19.6 Å². The quantitative estimate of drug-likeness (QED) is 0.476. The van der Waals surface area contributed by atoms with Gasteiger partial charge in [0.2, 0.25) is 21.1 Å². The van der Waals surface area contributed by atoms with Gasteiger partial charge in [0.15, 0.2) is 4.34 Å². The van der Waals surface area contributed by atoms with E-state index >= 15 is 0 Å². The second kappa shape index (κ2) is 9.06. The average Bonchev–Trinajstić information content (AvgIpc) is 2.94. The molecule has 1 saturated heterocycles. The van der Waals surface area contributed by atoms with E-state index in [1.807, 2.05) is 0 Å². The average molecular weight is 396 g/mol. The number of nitrogens with zero attached hydrogens (tertiary/aromatic N) is 4. The van der Waals surface area contributed by atoms with E-state index in [1.54, 1.807) is 11.8 Å². The van der Waals surface area contributed by atoms with E-state index in [0.717, 1.165) is 53.5 Å². The summed E-state index contributed by atoms with van der Waals surface area (Å²) in [6.07, 6.45) is 1.05. The van der Waals surface area contributed by atoms with E-state index in [2.05, 4.69) is 20.4 Å². The number of likely N-dealkylation sites (N-methyl/N-ethyl adjacent to an activating group) is 1. The third-order valence-electron chi connectivity index (χ3n) is 3.32. The largest absolute Gasteiger partial charge is 0.379 e. The molecule has 1 aliphatic heterocycles. The Morgan fingerprint density at radius 3 is 2.79 bits per heavy atom. The predicted octanol–water partition coefficient (Wildman–Crippen LogP) is -0.208. The van der Waals surface area contributed by atoms with Crippen molar-refractivity contribution < 1.29 is 17.9 Å². The normalized spacial score (nSPS) is 16.5. The molecule has 2 rings (SSSR count). The number of morpholine rings is 1.